The molecule has 0 spiro atoms. The molecule has 1 fully saturated rings. The van der Waals surface area contributed by atoms with E-state index in [0.717, 1.165) is 53.6 Å². The standard InChI is InChI=1S/C23H23N3OS/c1-16-20(22(27)25-14-8-3-9-15-25)21(17-10-4-2-5-11-17)26-18-12-6-7-13-19(18)28-23(26)24-16/h2,4-7,10-13,21H,3,8-9,14-15H2,1H3. The molecule has 2 aromatic carbocycles. The third-order valence-corrected chi connectivity index (χ3v) is 6.74. The fourth-order valence-electron chi connectivity index (χ4n) is 4.34. The highest BCUT2D eigenvalue weighted by Crippen LogP contribution is 2.49. The number of para-hydroxylation sites is 1. The quantitative estimate of drug-likeness (QED) is 0.725. The van der Waals surface area contributed by atoms with Gasteiger partial charge in [0.05, 0.1) is 23.0 Å². The summed E-state index contributed by atoms with van der Waals surface area (Å²) in [6.07, 6.45) is 3.39. The van der Waals surface area contributed by atoms with Crippen molar-refractivity contribution in [2.45, 2.75) is 37.1 Å². The summed E-state index contributed by atoms with van der Waals surface area (Å²) in [6.45, 7) is 3.68. The molecule has 1 saturated heterocycles. The van der Waals surface area contributed by atoms with Crippen molar-refractivity contribution in [2.75, 3.05) is 18.0 Å². The van der Waals surface area contributed by atoms with Crippen molar-refractivity contribution in [3.63, 3.8) is 0 Å². The Bertz CT molecular complexity index is 976. The van der Waals surface area contributed by atoms with Gasteiger partial charge in [0, 0.05) is 18.0 Å². The fraction of sp³-hybridized carbons (Fsp3) is 0.304. The van der Waals surface area contributed by atoms with Crippen LogP contribution in [-0.4, -0.2) is 29.1 Å². The molecule has 3 aliphatic heterocycles. The minimum absolute atomic E-state index is 0.140. The lowest BCUT2D eigenvalue weighted by Crippen LogP contribution is -2.43. The monoisotopic (exact) mass is 389 g/mol. The Morgan fingerprint density at radius 2 is 1.71 bits per heavy atom. The number of benzene rings is 2. The van der Waals surface area contributed by atoms with Crippen LogP contribution in [0.2, 0.25) is 0 Å². The van der Waals surface area contributed by atoms with Crippen LogP contribution in [-0.2, 0) is 4.79 Å². The molecule has 3 aliphatic rings. The number of amides is 1. The summed E-state index contributed by atoms with van der Waals surface area (Å²) in [6, 6.07) is 18.6. The molecule has 5 heteroatoms. The number of hydrogen-bond donors (Lipinski definition) is 0. The minimum atomic E-state index is -0.140. The summed E-state index contributed by atoms with van der Waals surface area (Å²) in [7, 11) is 0. The summed E-state index contributed by atoms with van der Waals surface area (Å²) in [5.74, 6) is 0.142. The van der Waals surface area contributed by atoms with Gasteiger partial charge in [0.1, 0.15) is 0 Å². The van der Waals surface area contributed by atoms with Gasteiger partial charge in [-0.05, 0) is 55.6 Å². The van der Waals surface area contributed by atoms with Crippen LogP contribution < -0.4 is 4.90 Å². The zero-order valence-electron chi connectivity index (χ0n) is 16.0. The molecular formula is C23H23N3OS. The molecule has 0 saturated carbocycles. The van der Waals surface area contributed by atoms with Gasteiger partial charge in [0.2, 0.25) is 0 Å². The average Bonchev–Trinajstić information content (AvgIpc) is 3.11. The number of nitrogens with zero attached hydrogens (tertiary/aromatic N) is 3. The van der Waals surface area contributed by atoms with E-state index in [1.165, 1.54) is 11.3 Å². The number of hydrogen-bond acceptors (Lipinski definition) is 4. The van der Waals surface area contributed by atoms with Crippen LogP contribution in [0.3, 0.4) is 0 Å². The first-order chi connectivity index (χ1) is 13.7. The topological polar surface area (TPSA) is 35.9 Å². The number of aliphatic imine (C=N–C) groups is 1. The van der Waals surface area contributed by atoms with Crippen LogP contribution in [0.1, 0.15) is 37.8 Å². The molecular weight excluding hydrogens is 366 g/mol. The smallest absolute Gasteiger partial charge is 0.254 e. The van der Waals surface area contributed by atoms with Gasteiger partial charge in [-0.25, -0.2) is 4.99 Å². The van der Waals surface area contributed by atoms with Crippen LogP contribution in [0.4, 0.5) is 5.69 Å². The Balaban J connectivity index is 1.64. The predicted octanol–water partition coefficient (Wildman–Crippen LogP) is 5.00. The number of likely N-dealkylation sites (tertiary alicyclic amines) is 1. The van der Waals surface area contributed by atoms with Crippen molar-refractivity contribution < 1.29 is 4.79 Å². The van der Waals surface area contributed by atoms with E-state index in [9.17, 15) is 4.79 Å². The molecule has 142 valence electrons. The molecule has 0 radical (unpaired) electrons. The summed E-state index contributed by atoms with van der Waals surface area (Å²) < 4.78 is 0. The molecule has 0 N–H and O–H groups in total. The maximum atomic E-state index is 13.6. The van der Waals surface area contributed by atoms with Crippen molar-refractivity contribution in [1.82, 2.24) is 4.90 Å². The first-order valence-corrected chi connectivity index (χ1v) is 10.8. The zero-order valence-corrected chi connectivity index (χ0v) is 16.8. The molecule has 28 heavy (non-hydrogen) atoms. The summed E-state index contributed by atoms with van der Waals surface area (Å²) in [4.78, 5) is 24.0. The lowest BCUT2D eigenvalue weighted by Gasteiger charge is -2.38. The maximum Gasteiger partial charge on any atom is 0.254 e. The van der Waals surface area contributed by atoms with E-state index in [1.54, 1.807) is 11.8 Å². The Kier molecular flexibility index (Phi) is 4.47. The van der Waals surface area contributed by atoms with E-state index in [2.05, 4.69) is 41.3 Å². The van der Waals surface area contributed by atoms with Gasteiger partial charge in [0.25, 0.3) is 5.91 Å². The Hall–Kier alpha value is -2.53. The molecule has 0 bridgehead atoms. The first-order valence-electron chi connectivity index (χ1n) is 9.94. The van der Waals surface area contributed by atoms with Crippen LogP contribution in [0.15, 0.2) is 75.8 Å². The second-order valence-electron chi connectivity index (χ2n) is 7.50. The SMILES string of the molecule is CC1=C(C(=O)N2CCCCC2)C(c2ccccc2)N2C(=N1)Sc1ccccc12. The fourth-order valence-corrected chi connectivity index (χ4v) is 5.44. The zero-order chi connectivity index (χ0) is 19.1. The highest BCUT2D eigenvalue weighted by molar-refractivity contribution is 8.14. The second-order valence-corrected chi connectivity index (χ2v) is 8.51. The van der Waals surface area contributed by atoms with Crippen molar-refractivity contribution in [1.29, 1.82) is 0 Å². The number of anilines is 1. The van der Waals surface area contributed by atoms with E-state index < -0.39 is 0 Å². The second kappa shape index (κ2) is 7.13. The molecule has 0 aromatic heterocycles. The van der Waals surface area contributed by atoms with Gasteiger partial charge in [-0.2, -0.15) is 0 Å². The lowest BCUT2D eigenvalue weighted by atomic mass is 9.92. The van der Waals surface area contributed by atoms with Crippen LogP contribution >= 0.6 is 11.8 Å². The molecule has 4 nitrogen and oxygen atoms in total. The van der Waals surface area contributed by atoms with Gasteiger partial charge < -0.3 is 9.80 Å². The Morgan fingerprint density at radius 3 is 2.50 bits per heavy atom. The van der Waals surface area contributed by atoms with E-state index in [1.807, 2.05) is 30.0 Å². The number of amidine groups is 1. The first kappa shape index (κ1) is 17.6. The number of allylic oxidation sites excluding steroid dienone is 1. The number of fused-ring (bicyclic) bond motifs is 3. The van der Waals surface area contributed by atoms with E-state index in [4.69, 9.17) is 4.99 Å². The number of rotatable bonds is 2. The van der Waals surface area contributed by atoms with Gasteiger partial charge in [-0.1, -0.05) is 42.5 Å². The largest absolute Gasteiger partial charge is 0.339 e. The molecule has 1 atom stereocenters. The summed E-state index contributed by atoms with van der Waals surface area (Å²) in [5.41, 5.74) is 3.92. The van der Waals surface area contributed by atoms with Crippen LogP contribution in [0.25, 0.3) is 0 Å². The Morgan fingerprint density at radius 1 is 1.00 bits per heavy atom. The average molecular weight is 390 g/mol. The predicted molar refractivity (Wildman–Crippen MR) is 115 cm³/mol. The van der Waals surface area contributed by atoms with E-state index in [-0.39, 0.29) is 11.9 Å². The van der Waals surface area contributed by atoms with Gasteiger partial charge in [0.15, 0.2) is 5.17 Å². The van der Waals surface area contributed by atoms with Crippen molar-refractivity contribution in [3.8, 4) is 0 Å². The van der Waals surface area contributed by atoms with Crippen LogP contribution in [0.5, 0.6) is 0 Å². The van der Waals surface area contributed by atoms with Crippen LogP contribution in [0, 0.1) is 0 Å². The van der Waals surface area contributed by atoms with Crippen molar-refractivity contribution >= 4 is 28.5 Å². The molecule has 2 aromatic rings. The number of thioether (sulfide) groups is 1. The molecule has 1 amide bonds. The molecule has 0 aliphatic carbocycles. The third-order valence-electron chi connectivity index (χ3n) is 5.71. The van der Waals surface area contributed by atoms with Gasteiger partial charge >= 0.3 is 0 Å². The lowest BCUT2D eigenvalue weighted by molar-refractivity contribution is -0.128. The van der Waals surface area contributed by atoms with Gasteiger partial charge in [-0.3, -0.25) is 4.79 Å². The molecule has 5 rings (SSSR count). The summed E-state index contributed by atoms with van der Waals surface area (Å²) >= 11 is 1.69. The number of carbonyl (C=O) groups is 1. The normalized spacial score (nSPS) is 21.3. The Labute approximate surface area is 169 Å². The minimum Gasteiger partial charge on any atom is -0.339 e. The van der Waals surface area contributed by atoms with Crippen molar-refractivity contribution in [2.24, 2.45) is 4.99 Å². The third kappa shape index (κ3) is 2.85. The van der Waals surface area contributed by atoms with E-state index in [0.29, 0.717) is 0 Å². The highest BCUT2D eigenvalue weighted by atomic mass is 32.2. The maximum absolute atomic E-state index is 13.6. The number of piperidine rings is 1. The van der Waals surface area contributed by atoms with Crippen molar-refractivity contribution in [3.05, 3.63) is 71.4 Å². The highest BCUT2D eigenvalue weighted by Gasteiger charge is 2.42. The molecule has 1 unspecified atom stereocenters. The molecule has 3 heterocycles. The summed E-state index contributed by atoms with van der Waals surface area (Å²) in [5, 5.41) is 0.961. The number of carbonyl (C=O) groups excluding carboxylic acids is 1. The van der Waals surface area contributed by atoms with E-state index >= 15 is 0 Å². The van der Waals surface area contributed by atoms with Gasteiger partial charge in [-0.15, -0.1) is 0 Å².